The fourth-order valence-corrected chi connectivity index (χ4v) is 2.40. The van der Waals surface area contributed by atoms with Crippen LogP contribution >= 0.6 is 0 Å². The Labute approximate surface area is 155 Å². The third kappa shape index (κ3) is 6.73. The van der Waals surface area contributed by atoms with Gasteiger partial charge >= 0.3 is 6.18 Å². The van der Waals surface area contributed by atoms with Crippen LogP contribution in [-0.4, -0.2) is 25.8 Å². The fourth-order valence-electron chi connectivity index (χ4n) is 2.40. The zero-order valence-corrected chi connectivity index (χ0v) is 14.8. The van der Waals surface area contributed by atoms with Gasteiger partial charge in [-0.05, 0) is 35.7 Å². The van der Waals surface area contributed by atoms with E-state index in [9.17, 15) is 18.0 Å². The summed E-state index contributed by atoms with van der Waals surface area (Å²) in [4.78, 5) is 12.0. The maximum Gasteiger partial charge on any atom is 0.422 e. The number of hydrogen-bond donors (Lipinski definition) is 2. The molecule has 5 nitrogen and oxygen atoms in total. The summed E-state index contributed by atoms with van der Waals surface area (Å²) in [7, 11) is 1.34. The normalized spacial score (nSPS) is 11.1. The molecule has 2 aromatic carbocycles. The minimum Gasteiger partial charge on any atom is -0.493 e. The zero-order chi connectivity index (χ0) is 19.9. The molecule has 0 aromatic heterocycles. The first kappa shape index (κ1) is 20.4. The second-order valence-corrected chi connectivity index (χ2v) is 5.86. The van der Waals surface area contributed by atoms with Crippen LogP contribution in [0, 0.1) is 0 Å². The number of halogens is 3. The summed E-state index contributed by atoms with van der Waals surface area (Å²) in [6.07, 6.45) is -3.63. The van der Waals surface area contributed by atoms with Crippen LogP contribution in [0.4, 0.5) is 18.9 Å². The van der Waals surface area contributed by atoms with Gasteiger partial charge in [0.1, 0.15) is 0 Å². The molecule has 27 heavy (non-hydrogen) atoms. The van der Waals surface area contributed by atoms with Gasteiger partial charge in [0.05, 0.1) is 7.11 Å². The van der Waals surface area contributed by atoms with Gasteiger partial charge in [-0.25, -0.2) is 0 Å². The molecule has 0 saturated heterocycles. The molecular weight excluding hydrogens is 361 g/mol. The lowest BCUT2D eigenvalue weighted by Crippen LogP contribution is -2.23. The summed E-state index contributed by atoms with van der Waals surface area (Å²) in [5.41, 5.74) is 8.07. The molecular formula is C19H21F3N2O3. The van der Waals surface area contributed by atoms with Gasteiger partial charge in [0.15, 0.2) is 18.1 Å². The fraction of sp³-hybridized carbons (Fsp3) is 0.316. The number of rotatable bonds is 8. The molecule has 0 heterocycles. The van der Waals surface area contributed by atoms with E-state index < -0.39 is 12.8 Å². The summed E-state index contributed by atoms with van der Waals surface area (Å²) in [6, 6.07) is 11.8. The van der Waals surface area contributed by atoms with E-state index in [0.717, 1.165) is 5.56 Å². The van der Waals surface area contributed by atoms with Gasteiger partial charge in [-0.2, -0.15) is 13.2 Å². The van der Waals surface area contributed by atoms with Crippen molar-refractivity contribution in [3.05, 3.63) is 53.6 Å². The molecule has 2 aromatic rings. The summed E-state index contributed by atoms with van der Waals surface area (Å²) in [5.74, 6) is 0.00197. The number of amides is 1. The van der Waals surface area contributed by atoms with Crippen LogP contribution in [0.2, 0.25) is 0 Å². The molecule has 0 radical (unpaired) electrons. The smallest absolute Gasteiger partial charge is 0.422 e. The minimum atomic E-state index is -4.43. The first-order chi connectivity index (χ1) is 12.8. The molecule has 3 N–H and O–H groups in total. The number of methoxy groups -OCH3 is 1. The molecule has 0 bridgehead atoms. The number of aryl methyl sites for hydroxylation is 1. The van der Waals surface area contributed by atoms with Crippen molar-refractivity contribution in [2.24, 2.45) is 0 Å². The zero-order valence-electron chi connectivity index (χ0n) is 14.8. The van der Waals surface area contributed by atoms with Crippen LogP contribution in [-0.2, 0) is 17.8 Å². The lowest BCUT2D eigenvalue weighted by molar-refractivity contribution is -0.153. The molecule has 1 amide bonds. The number of hydrogen-bond acceptors (Lipinski definition) is 4. The highest BCUT2D eigenvalue weighted by atomic mass is 19.4. The van der Waals surface area contributed by atoms with Crippen molar-refractivity contribution in [3.63, 3.8) is 0 Å². The number of para-hydroxylation sites is 1. The average Bonchev–Trinajstić information content (AvgIpc) is 2.63. The number of alkyl halides is 3. The van der Waals surface area contributed by atoms with Crippen molar-refractivity contribution < 1.29 is 27.4 Å². The molecule has 146 valence electrons. The Kier molecular flexibility index (Phi) is 6.92. The lowest BCUT2D eigenvalue weighted by atomic mass is 10.1. The molecule has 0 saturated carbocycles. The quantitative estimate of drug-likeness (QED) is 0.686. The van der Waals surface area contributed by atoms with Crippen molar-refractivity contribution in [1.29, 1.82) is 0 Å². The van der Waals surface area contributed by atoms with Gasteiger partial charge in [-0.1, -0.05) is 24.3 Å². The van der Waals surface area contributed by atoms with E-state index in [1.807, 2.05) is 18.2 Å². The van der Waals surface area contributed by atoms with Crippen LogP contribution in [0.1, 0.15) is 17.5 Å². The first-order valence-electron chi connectivity index (χ1n) is 8.25. The molecule has 0 atom stereocenters. The van der Waals surface area contributed by atoms with Crippen LogP contribution < -0.4 is 20.5 Å². The number of nitrogens with two attached hydrogens (primary N) is 1. The molecule has 0 unspecified atom stereocenters. The molecule has 0 fully saturated rings. The Morgan fingerprint density at radius 1 is 1.15 bits per heavy atom. The van der Waals surface area contributed by atoms with Crippen molar-refractivity contribution in [3.8, 4) is 11.5 Å². The summed E-state index contributed by atoms with van der Waals surface area (Å²) >= 11 is 0. The third-order valence-electron chi connectivity index (χ3n) is 3.79. The van der Waals surface area contributed by atoms with Gasteiger partial charge in [-0.15, -0.1) is 0 Å². The highest BCUT2D eigenvalue weighted by Crippen LogP contribution is 2.29. The Morgan fingerprint density at radius 2 is 1.89 bits per heavy atom. The van der Waals surface area contributed by atoms with Crippen molar-refractivity contribution >= 4 is 11.6 Å². The number of benzene rings is 2. The Bertz CT molecular complexity index is 779. The van der Waals surface area contributed by atoms with Crippen LogP contribution in [0.3, 0.4) is 0 Å². The van der Waals surface area contributed by atoms with Crippen molar-refractivity contribution in [2.45, 2.75) is 25.6 Å². The summed E-state index contributed by atoms with van der Waals surface area (Å²) in [6.45, 7) is -1.18. The van der Waals surface area contributed by atoms with Gasteiger partial charge < -0.3 is 20.5 Å². The second kappa shape index (κ2) is 9.16. The van der Waals surface area contributed by atoms with Gasteiger partial charge in [0.25, 0.3) is 0 Å². The van der Waals surface area contributed by atoms with Crippen molar-refractivity contribution in [1.82, 2.24) is 5.32 Å². The SMILES string of the molecule is COc1cc(CNC(=O)CCc2ccccc2N)ccc1OCC(F)(F)F. The third-order valence-corrected chi connectivity index (χ3v) is 3.79. The summed E-state index contributed by atoms with van der Waals surface area (Å²) in [5, 5.41) is 2.76. The van der Waals surface area contributed by atoms with Crippen LogP contribution in [0.25, 0.3) is 0 Å². The van der Waals surface area contributed by atoms with E-state index in [1.54, 1.807) is 12.1 Å². The molecule has 0 aliphatic carbocycles. The highest BCUT2D eigenvalue weighted by Gasteiger charge is 2.29. The number of anilines is 1. The number of carbonyl (C=O) groups excluding carboxylic acids is 1. The van der Waals surface area contributed by atoms with Crippen LogP contribution in [0.5, 0.6) is 11.5 Å². The minimum absolute atomic E-state index is 0.00976. The Morgan fingerprint density at radius 3 is 2.56 bits per heavy atom. The molecule has 0 spiro atoms. The number of nitrogen functional groups attached to an aromatic ring is 1. The molecule has 2 rings (SSSR count). The standard InChI is InChI=1S/C19H21F3N2O3/c1-26-17-10-13(6-8-16(17)27-12-19(20,21)22)11-24-18(25)9-7-14-4-2-3-5-15(14)23/h2-6,8,10H,7,9,11-12,23H2,1H3,(H,24,25). The van der Waals surface area contributed by atoms with E-state index in [2.05, 4.69) is 5.32 Å². The largest absolute Gasteiger partial charge is 0.493 e. The average molecular weight is 382 g/mol. The van der Waals surface area contributed by atoms with E-state index >= 15 is 0 Å². The Balaban J connectivity index is 1.87. The second-order valence-electron chi connectivity index (χ2n) is 5.86. The predicted octanol–water partition coefficient (Wildman–Crippen LogP) is 3.47. The summed E-state index contributed by atoms with van der Waals surface area (Å²) < 4.78 is 46.6. The van der Waals surface area contributed by atoms with E-state index in [0.29, 0.717) is 17.7 Å². The van der Waals surface area contributed by atoms with Gasteiger partial charge in [-0.3, -0.25) is 4.79 Å². The van der Waals surface area contributed by atoms with E-state index in [1.165, 1.54) is 19.2 Å². The van der Waals surface area contributed by atoms with E-state index in [4.69, 9.17) is 15.2 Å². The maximum absolute atomic E-state index is 12.3. The predicted molar refractivity (Wildman–Crippen MR) is 95.6 cm³/mol. The first-order valence-corrected chi connectivity index (χ1v) is 8.25. The van der Waals surface area contributed by atoms with E-state index in [-0.39, 0.29) is 30.4 Å². The maximum atomic E-state index is 12.3. The van der Waals surface area contributed by atoms with Crippen LogP contribution in [0.15, 0.2) is 42.5 Å². The topological polar surface area (TPSA) is 73.6 Å². The molecule has 8 heteroatoms. The monoisotopic (exact) mass is 382 g/mol. The highest BCUT2D eigenvalue weighted by molar-refractivity contribution is 5.76. The number of carbonyl (C=O) groups is 1. The molecule has 0 aliphatic rings. The van der Waals surface area contributed by atoms with Gasteiger partial charge in [0, 0.05) is 18.7 Å². The number of nitrogens with one attached hydrogen (secondary N) is 1. The lowest BCUT2D eigenvalue weighted by Gasteiger charge is -2.14. The number of ether oxygens (including phenoxy) is 2. The molecule has 0 aliphatic heterocycles. The van der Waals surface area contributed by atoms with Gasteiger partial charge in [0.2, 0.25) is 5.91 Å². The van der Waals surface area contributed by atoms with Crippen molar-refractivity contribution in [2.75, 3.05) is 19.5 Å². The Hall–Kier alpha value is -2.90.